The third-order valence-corrected chi connectivity index (χ3v) is 2.24. The molecule has 0 aromatic heterocycles. The number of nitriles is 1. The first-order valence-electron chi connectivity index (χ1n) is 5.09. The van der Waals surface area contributed by atoms with Crippen LogP contribution in [0.2, 0.25) is 0 Å². The number of hydrogen-bond donors (Lipinski definition) is 1. The molecule has 0 saturated heterocycles. The minimum Gasteiger partial charge on any atom is -0.476 e. The summed E-state index contributed by atoms with van der Waals surface area (Å²) in [6, 6.07) is 9.66. The molecule has 0 heterocycles. The highest BCUT2D eigenvalue weighted by molar-refractivity contribution is 5.29. The number of hydrogen-bond acceptors (Lipinski definition) is 3. The fourth-order valence-electron chi connectivity index (χ4n) is 1.26. The van der Waals surface area contributed by atoms with E-state index in [0.29, 0.717) is 5.75 Å². The van der Waals surface area contributed by atoms with Crippen LogP contribution in [-0.4, -0.2) is 6.10 Å². The summed E-state index contributed by atoms with van der Waals surface area (Å²) < 4.78 is 5.33. The van der Waals surface area contributed by atoms with E-state index >= 15 is 0 Å². The quantitative estimate of drug-likeness (QED) is 0.819. The molecule has 2 N–H and O–H groups in total. The van der Waals surface area contributed by atoms with E-state index in [9.17, 15) is 0 Å². The Hall–Kier alpha value is -1.53. The van der Waals surface area contributed by atoms with Gasteiger partial charge in [0, 0.05) is 6.04 Å². The molecule has 0 amide bonds. The van der Waals surface area contributed by atoms with Gasteiger partial charge in [0.2, 0.25) is 0 Å². The molecular formula is C12H16N2O. The topological polar surface area (TPSA) is 59.0 Å². The first-order chi connectivity index (χ1) is 7.17. The molecule has 0 radical (unpaired) electrons. The second-order valence-corrected chi connectivity index (χ2v) is 3.47. The van der Waals surface area contributed by atoms with Crippen molar-refractivity contribution in [2.24, 2.45) is 5.73 Å². The molecule has 0 bridgehead atoms. The van der Waals surface area contributed by atoms with Gasteiger partial charge in [-0.2, -0.15) is 5.26 Å². The van der Waals surface area contributed by atoms with E-state index in [-0.39, 0.29) is 6.04 Å². The van der Waals surface area contributed by atoms with Gasteiger partial charge >= 0.3 is 0 Å². The van der Waals surface area contributed by atoms with Crippen molar-refractivity contribution in [1.82, 2.24) is 0 Å². The predicted molar refractivity (Wildman–Crippen MR) is 59.4 cm³/mol. The van der Waals surface area contributed by atoms with E-state index in [1.807, 2.05) is 37.3 Å². The van der Waals surface area contributed by atoms with Crippen LogP contribution in [0.25, 0.3) is 0 Å². The fourth-order valence-corrected chi connectivity index (χ4v) is 1.26. The highest BCUT2D eigenvalue weighted by atomic mass is 16.5. The zero-order valence-corrected chi connectivity index (χ0v) is 9.10. The minimum atomic E-state index is -0.421. The van der Waals surface area contributed by atoms with Gasteiger partial charge in [0.1, 0.15) is 11.8 Å². The van der Waals surface area contributed by atoms with Gasteiger partial charge in [-0.05, 0) is 31.0 Å². The molecule has 0 saturated carbocycles. The van der Waals surface area contributed by atoms with Crippen molar-refractivity contribution < 1.29 is 4.74 Å². The molecule has 0 aliphatic carbocycles. The molecule has 3 nitrogen and oxygen atoms in total. The summed E-state index contributed by atoms with van der Waals surface area (Å²) in [7, 11) is 0. The van der Waals surface area contributed by atoms with E-state index in [0.717, 1.165) is 12.0 Å². The number of ether oxygens (including phenoxy) is 1. The molecule has 0 aliphatic heterocycles. The Balaban J connectivity index is 2.69. The molecule has 15 heavy (non-hydrogen) atoms. The molecule has 0 spiro atoms. The van der Waals surface area contributed by atoms with Crippen molar-refractivity contribution in [1.29, 1.82) is 5.26 Å². The Morgan fingerprint density at radius 1 is 1.40 bits per heavy atom. The Morgan fingerprint density at radius 3 is 2.47 bits per heavy atom. The van der Waals surface area contributed by atoms with Crippen LogP contribution < -0.4 is 10.5 Å². The third-order valence-electron chi connectivity index (χ3n) is 2.24. The van der Waals surface area contributed by atoms with Crippen molar-refractivity contribution in [2.45, 2.75) is 32.4 Å². The molecule has 80 valence electrons. The second kappa shape index (κ2) is 5.38. The monoisotopic (exact) mass is 204 g/mol. The average molecular weight is 204 g/mol. The van der Waals surface area contributed by atoms with Gasteiger partial charge in [-0.15, -0.1) is 0 Å². The lowest BCUT2D eigenvalue weighted by Gasteiger charge is -2.11. The van der Waals surface area contributed by atoms with E-state index < -0.39 is 6.10 Å². The molecule has 1 rings (SSSR count). The zero-order valence-electron chi connectivity index (χ0n) is 9.10. The molecule has 0 fully saturated rings. The molecule has 1 aromatic rings. The normalized spacial score (nSPS) is 14.0. The van der Waals surface area contributed by atoms with Crippen LogP contribution in [0.15, 0.2) is 24.3 Å². The van der Waals surface area contributed by atoms with Crippen molar-refractivity contribution in [3.05, 3.63) is 29.8 Å². The molecule has 2 atom stereocenters. The van der Waals surface area contributed by atoms with E-state index in [1.165, 1.54) is 0 Å². The van der Waals surface area contributed by atoms with Crippen LogP contribution in [0.5, 0.6) is 5.75 Å². The summed E-state index contributed by atoms with van der Waals surface area (Å²) in [5.41, 5.74) is 6.97. The molecule has 0 aliphatic rings. The van der Waals surface area contributed by atoms with Gasteiger partial charge in [-0.1, -0.05) is 19.1 Å². The van der Waals surface area contributed by atoms with E-state index in [1.54, 1.807) is 6.92 Å². The van der Waals surface area contributed by atoms with Crippen LogP contribution >= 0.6 is 0 Å². The van der Waals surface area contributed by atoms with Crippen molar-refractivity contribution in [3.63, 3.8) is 0 Å². The summed E-state index contributed by atoms with van der Waals surface area (Å²) in [4.78, 5) is 0. The Kier molecular flexibility index (Phi) is 4.14. The van der Waals surface area contributed by atoms with Crippen LogP contribution in [0.1, 0.15) is 31.9 Å². The summed E-state index contributed by atoms with van der Waals surface area (Å²) in [5.74, 6) is 0.705. The highest BCUT2D eigenvalue weighted by Gasteiger charge is 2.04. The molecule has 1 unspecified atom stereocenters. The predicted octanol–water partition coefficient (Wildman–Crippen LogP) is 2.39. The summed E-state index contributed by atoms with van der Waals surface area (Å²) in [6.45, 7) is 3.76. The van der Waals surface area contributed by atoms with Crippen LogP contribution in [0.4, 0.5) is 0 Å². The summed E-state index contributed by atoms with van der Waals surface area (Å²) in [6.07, 6.45) is 0.491. The second-order valence-electron chi connectivity index (χ2n) is 3.47. The molecule has 3 heteroatoms. The first kappa shape index (κ1) is 11.5. The van der Waals surface area contributed by atoms with Gasteiger partial charge in [-0.3, -0.25) is 0 Å². The number of rotatable bonds is 4. The lowest BCUT2D eigenvalue weighted by atomic mass is 10.1. The van der Waals surface area contributed by atoms with Crippen LogP contribution in [0, 0.1) is 11.3 Å². The third kappa shape index (κ3) is 3.26. The van der Waals surface area contributed by atoms with Crippen LogP contribution in [-0.2, 0) is 0 Å². The van der Waals surface area contributed by atoms with Gasteiger partial charge in [0.05, 0.1) is 0 Å². The highest BCUT2D eigenvalue weighted by Crippen LogP contribution is 2.18. The lowest BCUT2D eigenvalue weighted by molar-refractivity contribution is 0.276. The number of benzene rings is 1. The van der Waals surface area contributed by atoms with Crippen molar-refractivity contribution in [2.75, 3.05) is 0 Å². The molecular weight excluding hydrogens is 188 g/mol. The van der Waals surface area contributed by atoms with Gasteiger partial charge in [-0.25, -0.2) is 0 Å². The van der Waals surface area contributed by atoms with Crippen LogP contribution in [0.3, 0.4) is 0 Å². The van der Waals surface area contributed by atoms with Crippen molar-refractivity contribution in [3.8, 4) is 11.8 Å². The average Bonchev–Trinajstić information content (AvgIpc) is 2.29. The van der Waals surface area contributed by atoms with Gasteiger partial charge in [0.25, 0.3) is 0 Å². The molecule has 1 aromatic carbocycles. The maximum atomic E-state index is 8.58. The zero-order chi connectivity index (χ0) is 11.3. The number of nitrogens with zero attached hydrogens (tertiary/aromatic N) is 1. The van der Waals surface area contributed by atoms with Gasteiger partial charge < -0.3 is 10.5 Å². The Morgan fingerprint density at radius 2 is 2.00 bits per heavy atom. The summed E-state index contributed by atoms with van der Waals surface area (Å²) >= 11 is 0. The number of nitrogens with two attached hydrogens (primary N) is 1. The minimum absolute atomic E-state index is 0.0763. The van der Waals surface area contributed by atoms with E-state index in [4.69, 9.17) is 15.7 Å². The standard InChI is InChI=1S/C12H16N2O/c1-3-12(14)10-4-6-11(7-5-10)15-9(2)8-13/h4-7,9,12H,3,14H2,1-2H3/t9?,12-/m0/s1. The van der Waals surface area contributed by atoms with Crippen molar-refractivity contribution >= 4 is 0 Å². The summed E-state index contributed by atoms with van der Waals surface area (Å²) in [5, 5.41) is 8.58. The Labute approximate surface area is 90.5 Å². The maximum Gasteiger partial charge on any atom is 0.181 e. The largest absolute Gasteiger partial charge is 0.476 e. The lowest BCUT2D eigenvalue weighted by Crippen LogP contribution is -2.10. The Bertz CT molecular complexity index is 340. The van der Waals surface area contributed by atoms with Gasteiger partial charge in [0.15, 0.2) is 6.10 Å². The fraction of sp³-hybridized carbons (Fsp3) is 0.417. The van der Waals surface area contributed by atoms with E-state index in [2.05, 4.69) is 0 Å². The smallest absolute Gasteiger partial charge is 0.181 e. The SMILES string of the molecule is CC[C@H](N)c1ccc(OC(C)C#N)cc1. The first-order valence-corrected chi connectivity index (χ1v) is 5.09. The maximum absolute atomic E-state index is 8.58.